The minimum Gasteiger partial charge on any atom is -0.339 e. The first-order valence-electron chi connectivity index (χ1n) is 7.82. The number of fused-ring (bicyclic) bond motifs is 1. The fourth-order valence-corrected chi connectivity index (χ4v) is 2.86. The van der Waals surface area contributed by atoms with Crippen LogP contribution in [0.4, 0.5) is 0 Å². The molecule has 1 aromatic carbocycles. The largest absolute Gasteiger partial charge is 0.339 e. The summed E-state index contributed by atoms with van der Waals surface area (Å²) in [5.41, 5.74) is 3.13. The number of aryl methyl sites for hydroxylation is 3. The van der Waals surface area contributed by atoms with E-state index in [1.54, 1.807) is 24.9 Å². The Morgan fingerprint density at radius 1 is 1.16 bits per heavy atom. The van der Waals surface area contributed by atoms with Gasteiger partial charge in [0.1, 0.15) is 0 Å². The summed E-state index contributed by atoms with van der Waals surface area (Å²) in [5, 5.41) is 13.1. The molecule has 0 bridgehead atoms. The second-order valence-corrected chi connectivity index (χ2v) is 5.91. The Labute approximate surface area is 142 Å². The van der Waals surface area contributed by atoms with Crippen LogP contribution in [0.15, 0.2) is 39.8 Å². The maximum absolute atomic E-state index is 12.7. The first-order chi connectivity index (χ1) is 12.0. The molecule has 8 nitrogen and oxygen atoms in total. The van der Waals surface area contributed by atoms with Gasteiger partial charge in [-0.1, -0.05) is 29.4 Å². The van der Waals surface area contributed by atoms with Crippen LogP contribution in [0.3, 0.4) is 0 Å². The molecule has 0 saturated heterocycles. The van der Waals surface area contributed by atoms with Crippen LogP contribution >= 0.6 is 0 Å². The van der Waals surface area contributed by atoms with Crippen molar-refractivity contribution in [2.75, 3.05) is 0 Å². The predicted molar refractivity (Wildman–Crippen MR) is 91.1 cm³/mol. The minimum absolute atomic E-state index is 0.138. The van der Waals surface area contributed by atoms with Gasteiger partial charge in [0, 0.05) is 19.5 Å². The summed E-state index contributed by atoms with van der Waals surface area (Å²) in [6.07, 6.45) is 1.67. The summed E-state index contributed by atoms with van der Waals surface area (Å²) in [6, 6.07) is 7.65. The van der Waals surface area contributed by atoms with E-state index in [-0.39, 0.29) is 5.56 Å². The van der Waals surface area contributed by atoms with Gasteiger partial charge < -0.3 is 4.52 Å². The first kappa shape index (κ1) is 15.3. The molecular weight excluding hydrogens is 320 g/mol. The Hall–Kier alpha value is -3.29. The van der Waals surface area contributed by atoms with Crippen LogP contribution in [0.5, 0.6) is 0 Å². The maximum atomic E-state index is 12.7. The Morgan fingerprint density at radius 2 is 1.92 bits per heavy atom. The highest BCUT2D eigenvalue weighted by atomic mass is 16.5. The normalized spacial score (nSPS) is 11.3. The van der Waals surface area contributed by atoms with Gasteiger partial charge in [0.2, 0.25) is 11.7 Å². The quantitative estimate of drug-likeness (QED) is 0.567. The summed E-state index contributed by atoms with van der Waals surface area (Å²) in [6.45, 7) is 3.96. The van der Waals surface area contributed by atoms with Crippen molar-refractivity contribution in [3.63, 3.8) is 0 Å². The van der Waals surface area contributed by atoms with E-state index in [4.69, 9.17) is 4.52 Å². The molecule has 25 heavy (non-hydrogen) atoms. The second-order valence-electron chi connectivity index (χ2n) is 5.91. The molecule has 8 heteroatoms. The zero-order valence-electron chi connectivity index (χ0n) is 14.1. The van der Waals surface area contributed by atoms with Crippen LogP contribution in [0, 0.1) is 13.8 Å². The molecular formula is C17H16N6O2. The Morgan fingerprint density at radius 3 is 2.60 bits per heavy atom. The van der Waals surface area contributed by atoms with Crippen molar-refractivity contribution in [3.05, 3.63) is 58.0 Å². The van der Waals surface area contributed by atoms with Gasteiger partial charge in [-0.25, -0.2) is 4.68 Å². The summed E-state index contributed by atoms with van der Waals surface area (Å²) < 4.78 is 8.11. The van der Waals surface area contributed by atoms with E-state index < -0.39 is 0 Å². The molecule has 0 aliphatic carbocycles. The molecule has 4 rings (SSSR count). The van der Waals surface area contributed by atoms with Crippen molar-refractivity contribution in [3.8, 4) is 11.4 Å². The van der Waals surface area contributed by atoms with Crippen LogP contribution in [0.1, 0.15) is 17.1 Å². The van der Waals surface area contributed by atoms with Crippen LogP contribution < -0.4 is 5.56 Å². The zero-order chi connectivity index (χ0) is 17.6. The number of benzene rings is 1. The van der Waals surface area contributed by atoms with Crippen molar-refractivity contribution in [1.29, 1.82) is 0 Å². The van der Waals surface area contributed by atoms with Gasteiger partial charge in [-0.05, 0) is 12.5 Å². The average molecular weight is 336 g/mol. The molecule has 0 aliphatic rings. The lowest BCUT2D eigenvalue weighted by atomic mass is 10.1. The zero-order valence-corrected chi connectivity index (χ0v) is 14.1. The molecule has 0 N–H and O–H groups in total. The van der Waals surface area contributed by atoms with Gasteiger partial charge in [0.15, 0.2) is 0 Å². The van der Waals surface area contributed by atoms with Crippen LogP contribution in [0.25, 0.3) is 22.3 Å². The smallest absolute Gasteiger partial charge is 0.278 e. The molecule has 3 heterocycles. The first-order valence-corrected chi connectivity index (χ1v) is 7.82. The SMILES string of the molecule is Cc1nc(-c2ccc(Cn3ncc4c(c(C)nn4C)c3=O)cc2)no1. The molecule has 0 aliphatic heterocycles. The highest BCUT2D eigenvalue weighted by Gasteiger charge is 2.12. The molecule has 0 spiro atoms. The average Bonchev–Trinajstić information content (AvgIpc) is 3.15. The lowest BCUT2D eigenvalue weighted by molar-refractivity contribution is 0.394. The molecule has 0 radical (unpaired) electrons. The molecule has 3 aromatic heterocycles. The van der Waals surface area contributed by atoms with Gasteiger partial charge in [-0.2, -0.15) is 15.2 Å². The van der Waals surface area contributed by atoms with Gasteiger partial charge in [-0.15, -0.1) is 0 Å². The lowest BCUT2D eigenvalue weighted by Gasteiger charge is -2.05. The molecule has 0 atom stereocenters. The van der Waals surface area contributed by atoms with Crippen molar-refractivity contribution in [1.82, 2.24) is 29.7 Å². The van der Waals surface area contributed by atoms with Crippen molar-refractivity contribution in [2.45, 2.75) is 20.4 Å². The monoisotopic (exact) mass is 336 g/mol. The highest BCUT2D eigenvalue weighted by molar-refractivity contribution is 5.79. The number of rotatable bonds is 3. The highest BCUT2D eigenvalue weighted by Crippen LogP contribution is 2.17. The van der Waals surface area contributed by atoms with E-state index in [1.807, 2.05) is 31.2 Å². The Kier molecular flexibility index (Phi) is 3.45. The van der Waals surface area contributed by atoms with Crippen LogP contribution in [-0.4, -0.2) is 29.7 Å². The topological polar surface area (TPSA) is 91.6 Å². The number of nitrogens with zero attached hydrogens (tertiary/aromatic N) is 6. The fourth-order valence-electron chi connectivity index (χ4n) is 2.86. The summed E-state index contributed by atoms with van der Waals surface area (Å²) in [4.78, 5) is 16.9. The maximum Gasteiger partial charge on any atom is 0.278 e. The van der Waals surface area contributed by atoms with E-state index >= 15 is 0 Å². The molecule has 4 aromatic rings. The third kappa shape index (κ3) is 2.61. The lowest BCUT2D eigenvalue weighted by Crippen LogP contribution is -2.23. The Balaban J connectivity index is 1.66. The van der Waals surface area contributed by atoms with Gasteiger partial charge >= 0.3 is 0 Å². The third-order valence-corrected chi connectivity index (χ3v) is 4.11. The van der Waals surface area contributed by atoms with Crippen molar-refractivity contribution in [2.24, 2.45) is 7.05 Å². The molecule has 0 saturated carbocycles. The summed E-state index contributed by atoms with van der Waals surface area (Å²) in [5.74, 6) is 1.07. The Bertz CT molecular complexity index is 1120. The molecule has 126 valence electrons. The fraction of sp³-hybridized carbons (Fsp3) is 0.235. The molecule has 0 unspecified atom stereocenters. The van der Waals surface area contributed by atoms with Gasteiger partial charge in [0.05, 0.1) is 29.3 Å². The van der Waals surface area contributed by atoms with E-state index in [1.165, 1.54) is 4.68 Å². The molecule has 0 fully saturated rings. The van der Waals surface area contributed by atoms with E-state index in [9.17, 15) is 4.79 Å². The van der Waals surface area contributed by atoms with E-state index in [0.717, 1.165) is 16.6 Å². The van der Waals surface area contributed by atoms with Crippen molar-refractivity contribution < 1.29 is 4.52 Å². The van der Waals surface area contributed by atoms with Crippen molar-refractivity contribution >= 4 is 10.9 Å². The summed E-state index contributed by atoms with van der Waals surface area (Å²) >= 11 is 0. The standard InChI is InChI=1S/C17H16N6O2/c1-10-15-14(22(3)20-10)8-18-23(17(15)24)9-12-4-6-13(7-5-12)16-19-11(2)25-21-16/h4-8H,9H2,1-3H3. The van der Waals surface area contributed by atoms with E-state index in [2.05, 4.69) is 20.3 Å². The van der Waals surface area contributed by atoms with Crippen LogP contribution in [0.2, 0.25) is 0 Å². The predicted octanol–water partition coefficient (Wildman–Crippen LogP) is 1.85. The number of hydrogen-bond donors (Lipinski definition) is 0. The third-order valence-electron chi connectivity index (χ3n) is 4.11. The number of aromatic nitrogens is 6. The van der Waals surface area contributed by atoms with Crippen LogP contribution in [-0.2, 0) is 13.6 Å². The number of hydrogen-bond acceptors (Lipinski definition) is 6. The molecule has 0 amide bonds. The van der Waals surface area contributed by atoms with E-state index in [0.29, 0.717) is 29.3 Å². The minimum atomic E-state index is -0.138. The second kappa shape index (κ2) is 5.66. The van der Waals surface area contributed by atoms with Gasteiger partial charge in [0.25, 0.3) is 5.56 Å². The summed E-state index contributed by atoms with van der Waals surface area (Å²) in [7, 11) is 1.80. The van der Waals surface area contributed by atoms with Gasteiger partial charge in [-0.3, -0.25) is 9.48 Å².